The number of rotatable bonds is 8. The predicted molar refractivity (Wildman–Crippen MR) is 85.2 cm³/mol. The number of nitrogens with one attached hydrogen (secondary N) is 1. The molecule has 1 saturated carbocycles. The number of likely N-dealkylation sites (N-methyl/N-ethyl adjacent to an activating group) is 1. The number of aliphatic hydroxyl groups excluding tert-OH is 1. The Morgan fingerprint density at radius 3 is 2.62 bits per heavy atom. The quantitative estimate of drug-likeness (QED) is 0.774. The summed E-state index contributed by atoms with van der Waals surface area (Å²) >= 11 is 0. The summed E-state index contributed by atoms with van der Waals surface area (Å²) in [6.45, 7) is 3.80. The number of hydrogen-bond acceptors (Lipinski definition) is 3. The lowest BCUT2D eigenvalue weighted by molar-refractivity contribution is -0.117. The molecular weight excluding hydrogens is 264 g/mol. The zero-order valence-electron chi connectivity index (χ0n) is 13.0. The second kappa shape index (κ2) is 7.57. The molecule has 1 unspecified atom stereocenters. The minimum atomic E-state index is -0.486. The molecule has 0 bridgehead atoms. The van der Waals surface area contributed by atoms with E-state index < -0.39 is 6.10 Å². The van der Waals surface area contributed by atoms with E-state index >= 15 is 0 Å². The standard InChI is InChI=1S/C17H26N2O2/c1-3-4-11-19(2)12-16(20)13-7-9-15(10-8-13)18-17(21)14-5-6-14/h7-10,14,16,20H,3-6,11-12H2,1-2H3,(H,18,21). The van der Waals surface area contributed by atoms with Crippen molar-refractivity contribution in [3.05, 3.63) is 29.8 Å². The number of nitrogens with zero attached hydrogens (tertiary/aromatic N) is 1. The van der Waals surface area contributed by atoms with Gasteiger partial charge in [-0.15, -0.1) is 0 Å². The Morgan fingerprint density at radius 2 is 2.05 bits per heavy atom. The maximum Gasteiger partial charge on any atom is 0.227 e. The minimum absolute atomic E-state index is 0.114. The predicted octanol–water partition coefficient (Wildman–Crippen LogP) is 2.80. The largest absolute Gasteiger partial charge is 0.387 e. The summed E-state index contributed by atoms with van der Waals surface area (Å²) in [5.74, 6) is 0.324. The molecule has 4 nitrogen and oxygen atoms in total. The summed E-state index contributed by atoms with van der Waals surface area (Å²) in [4.78, 5) is 13.8. The topological polar surface area (TPSA) is 52.6 Å². The van der Waals surface area contributed by atoms with Gasteiger partial charge in [0, 0.05) is 18.2 Å². The van der Waals surface area contributed by atoms with E-state index in [0.29, 0.717) is 6.54 Å². The molecule has 4 heteroatoms. The zero-order valence-corrected chi connectivity index (χ0v) is 13.0. The highest BCUT2D eigenvalue weighted by Gasteiger charge is 2.29. The molecule has 2 N–H and O–H groups in total. The molecule has 1 aliphatic rings. The number of amides is 1. The van der Waals surface area contributed by atoms with Crippen molar-refractivity contribution >= 4 is 11.6 Å². The first kappa shape index (κ1) is 16.0. The second-order valence-corrected chi connectivity index (χ2v) is 6.02. The van der Waals surface area contributed by atoms with Gasteiger partial charge in [-0.05, 0) is 50.6 Å². The van der Waals surface area contributed by atoms with Crippen LogP contribution < -0.4 is 5.32 Å². The van der Waals surface area contributed by atoms with E-state index in [1.807, 2.05) is 31.3 Å². The van der Waals surface area contributed by atoms with Crippen LogP contribution in [0.3, 0.4) is 0 Å². The van der Waals surface area contributed by atoms with E-state index in [1.165, 1.54) is 0 Å². The number of unbranched alkanes of at least 4 members (excludes halogenated alkanes) is 1. The molecule has 1 amide bonds. The van der Waals surface area contributed by atoms with E-state index in [9.17, 15) is 9.90 Å². The van der Waals surface area contributed by atoms with E-state index in [2.05, 4.69) is 17.1 Å². The molecule has 2 rings (SSSR count). The first-order valence-electron chi connectivity index (χ1n) is 7.87. The number of carbonyl (C=O) groups excluding carboxylic acids is 1. The number of benzene rings is 1. The van der Waals surface area contributed by atoms with Crippen molar-refractivity contribution in [1.29, 1.82) is 0 Å². The molecule has 116 valence electrons. The van der Waals surface area contributed by atoms with Crippen molar-refractivity contribution in [1.82, 2.24) is 4.90 Å². The number of carbonyl (C=O) groups is 1. The molecule has 1 aromatic rings. The average molecular weight is 290 g/mol. The van der Waals surface area contributed by atoms with Gasteiger partial charge in [0.1, 0.15) is 0 Å². The van der Waals surface area contributed by atoms with Crippen molar-refractivity contribution < 1.29 is 9.90 Å². The highest BCUT2D eigenvalue weighted by atomic mass is 16.3. The first-order valence-corrected chi connectivity index (χ1v) is 7.87. The van der Waals surface area contributed by atoms with Crippen molar-refractivity contribution in [2.45, 2.75) is 38.7 Å². The van der Waals surface area contributed by atoms with Gasteiger partial charge in [0.05, 0.1) is 6.10 Å². The zero-order chi connectivity index (χ0) is 15.2. The average Bonchev–Trinajstić information content (AvgIpc) is 3.30. The molecule has 21 heavy (non-hydrogen) atoms. The molecule has 1 fully saturated rings. The van der Waals surface area contributed by atoms with Crippen LogP contribution in [0.15, 0.2) is 24.3 Å². The molecule has 0 saturated heterocycles. The van der Waals surface area contributed by atoms with Crippen LogP contribution >= 0.6 is 0 Å². The van der Waals surface area contributed by atoms with E-state index in [4.69, 9.17) is 0 Å². The smallest absolute Gasteiger partial charge is 0.227 e. The van der Waals surface area contributed by atoms with Crippen LogP contribution in [-0.2, 0) is 4.79 Å². The Hall–Kier alpha value is -1.39. The normalized spacial score (nSPS) is 16.0. The SMILES string of the molecule is CCCCN(C)CC(O)c1ccc(NC(=O)C2CC2)cc1. The lowest BCUT2D eigenvalue weighted by Crippen LogP contribution is -2.25. The molecular formula is C17H26N2O2. The van der Waals surface area contributed by atoms with Gasteiger partial charge in [-0.25, -0.2) is 0 Å². The molecule has 0 radical (unpaired) electrons. The second-order valence-electron chi connectivity index (χ2n) is 6.02. The van der Waals surface area contributed by atoms with E-state index in [-0.39, 0.29) is 11.8 Å². The van der Waals surface area contributed by atoms with Crippen LogP contribution in [0.4, 0.5) is 5.69 Å². The number of aliphatic hydroxyl groups is 1. The van der Waals surface area contributed by atoms with Crippen LogP contribution in [0.5, 0.6) is 0 Å². The maximum absolute atomic E-state index is 11.7. The molecule has 1 aromatic carbocycles. The lowest BCUT2D eigenvalue weighted by atomic mass is 10.1. The fraction of sp³-hybridized carbons (Fsp3) is 0.588. The van der Waals surface area contributed by atoms with Gasteiger partial charge in [0.2, 0.25) is 5.91 Å². The van der Waals surface area contributed by atoms with Crippen molar-refractivity contribution in [2.24, 2.45) is 5.92 Å². The third-order valence-corrected chi connectivity index (χ3v) is 3.89. The summed E-state index contributed by atoms with van der Waals surface area (Å²) in [6.07, 6.45) is 3.84. The fourth-order valence-electron chi connectivity index (χ4n) is 2.30. The molecule has 0 aromatic heterocycles. The first-order chi connectivity index (χ1) is 10.1. The third kappa shape index (κ3) is 5.14. The van der Waals surface area contributed by atoms with E-state index in [0.717, 1.165) is 43.5 Å². The summed E-state index contributed by atoms with van der Waals surface area (Å²) in [7, 11) is 2.03. The monoisotopic (exact) mass is 290 g/mol. The van der Waals surface area contributed by atoms with Crippen molar-refractivity contribution in [2.75, 3.05) is 25.5 Å². The van der Waals surface area contributed by atoms with Gasteiger partial charge < -0.3 is 15.3 Å². The summed E-state index contributed by atoms with van der Waals surface area (Å²) < 4.78 is 0. The van der Waals surface area contributed by atoms with Crippen LogP contribution in [-0.4, -0.2) is 36.1 Å². The van der Waals surface area contributed by atoms with Crippen LogP contribution in [0.25, 0.3) is 0 Å². The molecule has 1 atom stereocenters. The molecule has 0 heterocycles. The highest BCUT2D eigenvalue weighted by molar-refractivity contribution is 5.93. The minimum Gasteiger partial charge on any atom is -0.387 e. The Bertz CT molecular complexity index is 454. The van der Waals surface area contributed by atoms with Gasteiger partial charge in [-0.2, -0.15) is 0 Å². The van der Waals surface area contributed by atoms with E-state index in [1.54, 1.807) is 0 Å². The highest BCUT2D eigenvalue weighted by Crippen LogP contribution is 2.30. The number of hydrogen-bond donors (Lipinski definition) is 2. The van der Waals surface area contributed by atoms with Crippen LogP contribution in [0.1, 0.15) is 44.3 Å². The van der Waals surface area contributed by atoms with Crippen molar-refractivity contribution in [3.8, 4) is 0 Å². The molecule has 1 aliphatic carbocycles. The van der Waals surface area contributed by atoms with Gasteiger partial charge >= 0.3 is 0 Å². The van der Waals surface area contributed by atoms with Crippen LogP contribution in [0, 0.1) is 5.92 Å². The van der Waals surface area contributed by atoms with Gasteiger partial charge in [-0.1, -0.05) is 25.5 Å². The number of anilines is 1. The molecule has 0 spiro atoms. The Kier molecular flexibility index (Phi) is 5.76. The Balaban J connectivity index is 1.83. The fourth-order valence-corrected chi connectivity index (χ4v) is 2.30. The van der Waals surface area contributed by atoms with Crippen molar-refractivity contribution in [3.63, 3.8) is 0 Å². The van der Waals surface area contributed by atoms with Gasteiger partial charge in [-0.3, -0.25) is 4.79 Å². The van der Waals surface area contributed by atoms with Gasteiger partial charge in [0.15, 0.2) is 0 Å². The Labute approximate surface area is 127 Å². The summed E-state index contributed by atoms with van der Waals surface area (Å²) in [6, 6.07) is 7.51. The molecule has 0 aliphatic heterocycles. The Morgan fingerprint density at radius 1 is 1.38 bits per heavy atom. The van der Waals surface area contributed by atoms with Gasteiger partial charge in [0.25, 0.3) is 0 Å². The summed E-state index contributed by atoms with van der Waals surface area (Å²) in [5, 5.41) is 13.1. The summed E-state index contributed by atoms with van der Waals surface area (Å²) in [5.41, 5.74) is 1.70. The maximum atomic E-state index is 11.7. The third-order valence-electron chi connectivity index (χ3n) is 3.89. The van der Waals surface area contributed by atoms with Crippen LogP contribution in [0.2, 0.25) is 0 Å². The lowest BCUT2D eigenvalue weighted by Gasteiger charge is -2.20.